The standard InChI is InChI=1S/C13H20N2O4/c1-12(2,3)19-11(18)15-6-4-5-13(8-15)7-9(16)14-10(13)17/h4-8H2,1-3H3,(H,14,16,17). The Morgan fingerprint density at radius 2 is 2.05 bits per heavy atom. The molecule has 0 aliphatic carbocycles. The van der Waals surface area contributed by atoms with E-state index in [1.165, 1.54) is 4.90 Å². The van der Waals surface area contributed by atoms with Crippen molar-refractivity contribution in [1.82, 2.24) is 10.2 Å². The summed E-state index contributed by atoms with van der Waals surface area (Å²) in [4.78, 5) is 36.8. The highest BCUT2D eigenvalue weighted by Gasteiger charge is 2.50. The second-order valence-electron chi connectivity index (χ2n) is 6.34. The first-order valence-electron chi connectivity index (χ1n) is 6.54. The van der Waals surface area contributed by atoms with Crippen LogP contribution in [0.3, 0.4) is 0 Å². The van der Waals surface area contributed by atoms with Crippen molar-refractivity contribution < 1.29 is 19.1 Å². The third-order valence-electron chi connectivity index (χ3n) is 3.46. The molecule has 0 aromatic rings. The molecule has 0 saturated carbocycles. The van der Waals surface area contributed by atoms with Crippen LogP contribution in [0, 0.1) is 5.41 Å². The summed E-state index contributed by atoms with van der Waals surface area (Å²) >= 11 is 0. The molecule has 2 fully saturated rings. The molecule has 1 N–H and O–H groups in total. The lowest BCUT2D eigenvalue weighted by Crippen LogP contribution is -2.50. The zero-order valence-corrected chi connectivity index (χ0v) is 11.6. The van der Waals surface area contributed by atoms with Crippen LogP contribution in [0.5, 0.6) is 0 Å². The van der Waals surface area contributed by atoms with Crippen molar-refractivity contribution in [2.24, 2.45) is 5.41 Å². The van der Waals surface area contributed by atoms with Gasteiger partial charge in [0.1, 0.15) is 5.60 Å². The van der Waals surface area contributed by atoms with E-state index in [9.17, 15) is 14.4 Å². The lowest BCUT2D eigenvalue weighted by Gasteiger charge is -2.38. The zero-order valence-electron chi connectivity index (χ0n) is 11.6. The van der Waals surface area contributed by atoms with E-state index in [4.69, 9.17) is 4.74 Å². The quantitative estimate of drug-likeness (QED) is 0.666. The minimum Gasteiger partial charge on any atom is -0.444 e. The predicted molar refractivity (Wildman–Crippen MR) is 67.2 cm³/mol. The third-order valence-corrected chi connectivity index (χ3v) is 3.46. The first kappa shape index (κ1) is 13.8. The first-order valence-corrected chi connectivity index (χ1v) is 6.54. The number of nitrogens with one attached hydrogen (secondary N) is 1. The number of carbonyl (C=O) groups is 3. The van der Waals surface area contributed by atoms with Gasteiger partial charge in [0.05, 0.1) is 5.41 Å². The van der Waals surface area contributed by atoms with Crippen LogP contribution >= 0.6 is 0 Å². The number of rotatable bonds is 0. The summed E-state index contributed by atoms with van der Waals surface area (Å²) in [7, 11) is 0. The van der Waals surface area contributed by atoms with E-state index in [1.54, 1.807) is 20.8 Å². The van der Waals surface area contributed by atoms with E-state index in [1.807, 2.05) is 0 Å². The smallest absolute Gasteiger partial charge is 0.410 e. The summed E-state index contributed by atoms with van der Waals surface area (Å²) in [5.74, 6) is -0.512. The number of hydrogen-bond acceptors (Lipinski definition) is 4. The number of ether oxygens (including phenoxy) is 1. The van der Waals surface area contributed by atoms with Crippen molar-refractivity contribution >= 4 is 17.9 Å². The van der Waals surface area contributed by atoms with E-state index in [2.05, 4.69) is 5.32 Å². The number of likely N-dealkylation sites (tertiary alicyclic amines) is 1. The Balaban J connectivity index is 2.07. The summed E-state index contributed by atoms with van der Waals surface area (Å²) in [5.41, 5.74) is -1.30. The van der Waals surface area contributed by atoms with Crippen molar-refractivity contribution in [1.29, 1.82) is 0 Å². The molecule has 2 aliphatic rings. The lowest BCUT2D eigenvalue weighted by molar-refractivity contribution is -0.130. The van der Waals surface area contributed by atoms with Crippen LogP contribution in [0.1, 0.15) is 40.0 Å². The summed E-state index contributed by atoms with van der Waals surface area (Å²) < 4.78 is 5.31. The van der Waals surface area contributed by atoms with Crippen molar-refractivity contribution in [2.45, 2.75) is 45.6 Å². The Morgan fingerprint density at radius 3 is 2.58 bits per heavy atom. The molecule has 106 valence electrons. The summed E-state index contributed by atoms with van der Waals surface area (Å²) in [6, 6.07) is 0. The molecule has 19 heavy (non-hydrogen) atoms. The SMILES string of the molecule is CC(C)(C)OC(=O)N1CCCC2(CC(=O)NC2=O)C1. The average Bonchev–Trinajstić information content (AvgIpc) is 2.51. The maximum absolute atomic E-state index is 12.0. The summed E-state index contributed by atoms with van der Waals surface area (Å²) in [6.45, 7) is 6.24. The van der Waals surface area contributed by atoms with Crippen molar-refractivity contribution in [3.05, 3.63) is 0 Å². The van der Waals surface area contributed by atoms with E-state index >= 15 is 0 Å². The van der Waals surface area contributed by atoms with E-state index < -0.39 is 17.1 Å². The van der Waals surface area contributed by atoms with Gasteiger partial charge in [-0.05, 0) is 33.6 Å². The van der Waals surface area contributed by atoms with Gasteiger partial charge in [-0.25, -0.2) is 4.79 Å². The molecule has 2 aliphatic heterocycles. The van der Waals surface area contributed by atoms with Gasteiger partial charge < -0.3 is 9.64 Å². The van der Waals surface area contributed by atoms with Gasteiger partial charge in [0.2, 0.25) is 11.8 Å². The van der Waals surface area contributed by atoms with Crippen LogP contribution in [0.4, 0.5) is 4.79 Å². The van der Waals surface area contributed by atoms with E-state index in [-0.39, 0.29) is 24.8 Å². The summed E-state index contributed by atoms with van der Waals surface area (Å²) in [6.07, 6.45) is 1.10. The molecule has 0 aromatic heterocycles. The topological polar surface area (TPSA) is 75.7 Å². The number of nitrogens with zero attached hydrogens (tertiary/aromatic N) is 1. The van der Waals surface area contributed by atoms with Gasteiger partial charge >= 0.3 is 6.09 Å². The average molecular weight is 268 g/mol. The Morgan fingerprint density at radius 1 is 1.37 bits per heavy atom. The van der Waals surface area contributed by atoms with Crippen molar-refractivity contribution in [3.63, 3.8) is 0 Å². The van der Waals surface area contributed by atoms with Gasteiger partial charge in [-0.1, -0.05) is 0 Å². The van der Waals surface area contributed by atoms with Crippen LogP contribution in [0.15, 0.2) is 0 Å². The molecule has 2 rings (SSSR count). The Bertz CT molecular complexity index is 427. The van der Waals surface area contributed by atoms with Crippen LogP contribution < -0.4 is 5.32 Å². The fourth-order valence-electron chi connectivity index (χ4n) is 2.63. The minimum atomic E-state index is -0.744. The molecule has 0 bridgehead atoms. The number of carbonyl (C=O) groups excluding carboxylic acids is 3. The lowest BCUT2D eigenvalue weighted by atomic mass is 9.78. The number of amides is 3. The zero-order chi connectivity index (χ0) is 14.3. The van der Waals surface area contributed by atoms with E-state index in [0.29, 0.717) is 19.4 Å². The molecule has 2 heterocycles. The minimum absolute atomic E-state index is 0.172. The molecule has 1 spiro atoms. The second kappa shape index (κ2) is 4.51. The number of imide groups is 1. The molecule has 1 atom stereocenters. The van der Waals surface area contributed by atoms with Crippen molar-refractivity contribution in [3.8, 4) is 0 Å². The monoisotopic (exact) mass is 268 g/mol. The highest BCUT2D eigenvalue weighted by molar-refractivity contribution is 6.06. The third kappa shape index (κ3) is 2.88. The first-order chi connectivity index (χ1) is 8.72. The fourth-order valence-corrected chi connectivity index (χ4v) is 2.63. The Hall–Kier alpha value is -1.59. The van der Waals surface area contributed by atoms with Gasteiger partial charge in [0.15, 0.2) is 0 Å². The van der Waals surface area contributed by atoms with Crippen LogP contribution in [0.25, 0.3) is 0 Å². The van der Waals surface area contributed by atoms with Crippen molar-refractivity contribution in [2.75, 3.05) is 13.1 Å². The molecular weight excluding hydrogens is 248 g/mol. The normalized spacial score (nSPS) is 27.6. The molecule has 1 unspecified atom stereocenters. The molecule has 0 aromatic carbocycles. The summed E-state index contributed by atoms with van der Waals surface area (Å²) in [5, 5.41) is 2.33. The molecule has 0 radical (unpaired) electrons. The molecule has 2 saturated heterocycles. The van der Waals surface area contributed by atoms with Gasteiger partial charge in [-0.3, -0.25) is 14.9 Å². The van der Waals surface area contributed by atoms with Crippen LogP contribution in [-0.2, 0) is 14.3 Å². The molecule has 3 amide bonds. The van der Waals surface area contributed by atoms with Crippen LogP contribution in [-0.4, -0.2) is 41.5 Å². The maximum Gasteiger partial charge on any atom is 0.410 e. The van der Waals surface area contributed by atoms with Crippen LogP contribution in [0.2, 0.25) is 0 Å². The highest BCUT2D eigenvalue weighted by Crippen LogP contribution is 2.37. The molecular formula is C13H20N2O4. The Kier molecular flexibility index (Phi) is 3.28. The predicted octanol–water partition coefficient (Wildman–Crippen LogP) is 1.05. The number of piperidine rings is 1. The maximum atomic E-state index is 12.0. The second-order valence-corrected chi connectivity index (χ2v) is 6.34. The number of hydrogen-bond donors (Lipinski definition) is 1. The van der Waals surface area contributed by atoms with Gasteiger partial charge in [-0.15, -0.1) is 0 Å². The molecule has 6 heteroatoms. The largest absolute Gasteiger partial charge is 0.444 e. The molecule has 6 nitrogen and oxygen atoms in total. The Labute approximate surface area is 112 Å². The van der Waals surface area contributed by atoms with Gasteiger partial charge in [0.25, 0.3) is 0 Å². The highest BCUT2D eigenvalue weighted by atomic mass is 16.6. The fraction of sp³-hybridized carbons (Fsp3) is 0.769. The van der Waals surface area contributed by atoms with Gasteiger partial charge in [0, 0.05) is 19.5 Å². The van der Waals surface area contributed by atoms with Gasteiger partial charge in [-0.2, -0.15) is 0 Å². The van der Waals surface area contributed by atoms with E-state index in [0.717, 1.165) is 0 Å².